The van der Waals surface area contributed by atoms with Crippen LogP contribution in [0.1, 0.15) is 23.9 Å². The zero-order valence-electron chi connectivity index (χ0n) is 14.2. The number of likely N-dealkylation sites (tertiary alicyclic amines) is 1. The molecule has 1 aromatic carbocycles. The monoisotopic (exact) mass is 315 g/mol. The Morgan fingerprint density at radius 2 is 1.83 bits per heavy atom. The normalized spacial score (nSPS) is 15.4. The second-order valence-electron chi connectivity index (χ2n) is 6.16. The van der Waals surface area contributed by atoms with Crippen LogP contribution in [0.5, 0.6) is 11.5 Å². The highest BCUT2D eigenvalue weighted by atomic mass is 16.5. The first-order valence-corrected chi connectivity index (χ1v) is 8.17. The average molecular weight is 315 g/mol. The van der Waals surface area contributed by atoms with E-state index in [9.17, 15) is 0 Å². The van der Waals surface area contributed by atoms with Crippen LogP contribution >= 0.6 is 0 Å². The molecular weight excluding hydrogens is 290 g/mol. The van der Waals surface area contributed by atoms with Gasteiger partial charge in [0.15, 0.2) is 0 Å². The first-order valence-electron chi connectivity index (χ1n) is 8.17. The van der Waals surface area contributed by atoms with Gasteiger partial charge in [0.1, 0.15) is 11.5 Å². The van der Waals surface area contributed by atoms with Gasteiger partial charge in [-0.2, -0.15) is 5.10 Å². The summed E-state index contributed by atoms with van der Waals surface area (Å²) in [7, 11) is 1.67. The van der Waals surface area contributed by atoms with Gasteiger partial charge in [-0.3, -0.25) is 9.58 Å². The maximum Gasteiger partial charge on any atom is 0.119 e. The number of aromatic nitrogens is 2. The van der Waals surface area contributed by atoms with Crippen LogP contribution in [0.4, 0.5) is 0 Å². The fraction of sp³-hybridized carbons (Fsp3) is 0.500. The summed E-state index contributed by atoms with van der Waals surface area (Å²) in [5.41, 5.74) is 2.36. The third kappa shape index (κ3) is 3.85. The zero-order valence-corrected chi connectivity index (χ0v) is 14.2. The quantitative estimate of drug-likeness (QED) is 0.737. The predicted molar refractivity (Wildman–Crippen MR) is 90.3 cm³/mol. The molecule has 1 aliphatic heterocycles. The van der Waals surface area contributed by atoms with Gasteiger partial charge >= 0.3 is 0 Å². The van der Waals surface area contributed by atoms with Crippen LogP contribution in [-0.4, -0.2) is 48.0 Å². The van der Waals surface area contributed by atoms with Gasteiger partial charge in [-0.15, -0.1) is 0 Å². The zero-order chi connectivity index (χ0) is 16.2. The van der Waals surface area contributed by atoms with Crippen molar-refractivity contribution in [1.29, 1.82) is 0 Å². The van der Waals surface area contributed by atoms with E-state index in [-0.39, 0.29) is 0 Å². The second kappa shape index (κ2) is 7.04. The molecule has 2 heterocycles. The molecule has 23 heavy (non-hydrogen) atoms. The molecule has 0 bridgehead atoms. The van der Waals surface area contributed by atoms with Crippen molar-refractivity contribution in [1.82, 2.24) is 14.7 Å². The second-order valence-corrected chi connectivity index (χ2v) is 6.16. The molecule has 124 valence electrons. The lowest BCUT2D eigenvalue weighted by Gasteiger charge is -2.39. The van der Waals surface area contributed by atoms with E-state index in [1.165, 1.54) is 5.69 Å². The minimum atomic E-state index is 0.534. The van der Waals surface area contributed by atoms with Crippen molar-refractivity contribution in [3.8, 4) is 11.5 Å². The Balaban J connectivity index is 1.34. The third-order valence-electron chi connectivity index (χ3n) is 4.28. The number of nitrogens with zero attached hydrogens (tertiary/aromatic N) is 3. The molecular formula is C18H25N3O2. The molecule has 3 rings (SSSR count). The highest BCUT2D eigenvalue weighted by Crippen LogP contribution is 2.23. The molecule has 1 aromatic heterocycles. The first-order chi connectivity index (χ1) is 11.2. The van der Waals surface area contributed by atoms with E-state index in [1.807, 2.05) is 24.3 Å². The predicted octanol–water partition coefficient (Wildman–Crippen LogP) is 2.83. The van der Waals surface area contributed by atoms with Crippen molar-refractivity contribution in [2.24, 2.45) is 0 Å². The van der Waals surface area contributed by atoms with Crippen molar-refractivity contribution in [2.75, 3.05) is 33.4 Å². The molecule has 1 aliphatic rings. The van der Waals surface area contributed by atoms with Gasteiger partial charge < -0.3 is 9.47 Å². The lowest BCUT2D eigenvalue weighted by molar-refractivity contribution is 0.0904. The third-order valence-corrected chi connectivity index (χ3v) is 4.28. The minimum Gasteiger partial charge on any atom is -0.497 e. The van der Waals surface area contributed by atoms with E-state index in [0.29, 0.717) is 6.04 Å². The van der Waals surface area contributed by atoms with Crippen LogP contribution in [0.15, 0.2) is 30.3 Å². The van der Waals surface area contributed by atoms with E-state index in [2.05, 4.69) is 34.6 Å². The number of rotatable bonds is 7. The standard InChI is InChI=1S/C18H25N3O2/c1-14-11-15(2)21(19-14)16-12-20(13-16)9-4-10-23-18-7-5-17(22-3)6-8-18/h5-8,11,16H,4,9-10,12-13H2,1-3H3. The van der Waals surface area contributed by atoms with E-state index in [4.69, 9.17) is 9.47 Å². The Kier molecular flexibility index (Phi) is 4.86. The number of benzene rings is 1. The Morgan fingerprint density at radius 1 is 1.13 bits per heavy atom. The fourth-order valence-corrected chi connectivity index (χ4v) is 3.05. The Bertz CT molecular complexity index is 630. The summed E-state index contributed by atoms with van der Waals surface area (Å²) < 4.78 is 13.1. The molecule has 1 fully saturated rings. The van der Waals surface area contributed by atoms with Crippen molar-refractivity contribution in [2.45, 2.75) is 26.3 Å². The Morgan fingerprint density at radius 3 is 2.43 bits per heavy atom. The average Bonchev–Trinajstić information content (AvgIpc) is 2.84. The van der Waals surface area contributed by atoms with Crippen LogP contribution in [0.2, 0.25) is 0 Å². The summed E-state index contributed by atoms with van der Waals surface area (Å²) in [6.07, 6.45) is 1.04. The van der Waals surface area contributed by atoms with Crippen molar-refractivity contribution >= 4 is 0 Å². The summed E-state index contributed by atoms with van der Waals surface area (Å²) in [5, 5.41) is 4.57. The number of ether oxygens (including phenoxy) is 2. The largest absolute Gasteiger partial charge is 0.497 e. The van der Waals surface area contributed by atoms with Gasteiger partial charge in [0.2, 0.25) is 0 Å². The Labute approximate surface area is 137 Å². The van der Waals surface area contributed by atoms with Gasteiger partial charge in [0.05, 0.1) is 25.5 Å². The molecule has 1 saturated heterocycles. The van der Waals surface area contributed by atoms with Crippen LogP contribution in [0, 0.1) is 13.8 Å². The smallest absolute Gasteiger partial charge is 0.119 e. The van der Waals surface area contributed by atoms with E-state index < -0.39 is 0 Å². The number of hydrogen-bond donors (Lipinski definition) is 0. The van der Waals surface area contributed by atoms with Gasteiger partial charge in [-0.1, -0.05) is 0 Å². The molecule has 2 aromatic rings. The summed E-state index contributed by atoms with van der Waals surface area (Å²) in [4.78, 5) is 2.46. The molecule has 0 N–H and O–H groups in total. The highest BCUT2D eigenvalue weighted by molar-refractivity contribution is 5.31. The number of aryl methyl sites for hydroxylation is 2. The molecule has 0 radical (unpaired) electrons. The van der Waals surface area contributed by atoms with Crippen molar-refractivity contribution in [3.05, 3.63) is 41.7 Å². The highest BCUT2D eigenvalue weighted by Gasteiger charge is 2.29. The topological polar surface area (TPSA) is 39.5 Å². The molecule has 0 unspecified atom stereocenters. The summed E-state index contributed by atoms with van der Waals surface area (Å²) in [5.74, 6) is 1.75. The van der Waals surface area contributed by atoms with Crippen LogP contribution < -0.4 is 9.47 Å². The number of methoxy groups -OCH3 is 1. The van der Waals surface area contributed by atoms with Gasteiger partial charge in [-0.25, -0.2) is 0 Å². The molecule has 0 atom stereocenters. The van der Waals surface area contributed by atoms with E-state index in [0.717, 1.165) is 49.9 Å². The SMILES string of the molecule is COc1ccc(OCCCN2CC(n3nc(C)cc3C)C2)cc1. The Hall–Kier alpha value is -2.01. The summed E-state index contributed by atoms with van der Waals surface area (Å²) in [6.45, 7) is 8.18. The number of hydrogen-bond acceptors (Lipinski definition) is 4. The van der Waals surface area contributed by atoms with Gasteiger partial charge in [-0.05, 0) is 50.6 Å². The minimum absolute atomic E-state index is 0.534. The molecule has 5 nitrogen and oxygen atoms in total. The lowest BCUT2D eigenvalue weighted by Crippen LogP contribution is -2.48. The summed E-state index contributed by atoms with van der Waals surface area (Å²) >= 11 is 0. The molecule has 0 saturated carbocycles. The van der Waals surface area contributed by atoms with Crippen molar-refractivity contribution < 1.29 is 9.47 Å². The van der Waals surface area contributed by atoms with Crippen LogP contribution in [-0.2, 0) is 0 Å². The van der Waals surface area contributed by atoms with Gasteiger partial charge in [0, 0.05) is 25.3 Å². The molecule has 5 heteroatoms. The molecule has 0 spiro atoms. The van der Waals surface area contributed by atoms with Crippen LogP contribution in [0.25, 0.3) is 0 Å². The van der Waals surface area contributed by atoms with E-state index in [1.54, 1.807) is 7.11 Å². The maximum absolute atomic E-state index is 5.76. The molecule has 0 amide bonds. The van der Waals surface area contributed by atoms with Gasteiger partial charge in [0.25, 0.3) is 0 Å². The fourth-order valence-electron chi connectivity index (χ4n) is 3.05. The first kappa shape index (κ1) is 15.9. The lowest BCUT2D eigenvalue weighted by atomic mass is 10.1. The van der Waals surface area contributed by atoms with Crippen LogP contribution in [0.3, 0.4) is 0 Å². The van der Waals surface area contributed by atoms with E-state index >= 15 is 0 Å². The molecule has 0 aliphatic carbocycles. The maximum atomic E-state index is 5.76. The van der Waals surface area contributed by atoms with Crippen molar-refractivity contribution in [3.63, 3.8) is 0 Å². The summed E-state index contributed by atoms with van der Waals surface area (Å²) in [6, 6.07) is 10.4.